The Hall–Kier alpha value is 1.92. The molecular weight excluding hydrogens is 226 g/mol. The van der Waals surface area contributed by atoms with Crippen LogP contribution in [0.3, 0.4) is 0 Å². The Morgan fingerprint density at radius 2 is 0.500 bits per heavy atom. The van der Waals surface area contributed by atoms with Gasteiger partial charge in [0.1, 0.15) is 0 Å². The van der Waals surface area contributed by atoms with Gasteiger partial charge < -0.3 is 1.43 Å². The van der Waals surface area contributed by atoms with E-state index < -0.39 is 0 Å². The third kappa shape index (κ3) is 103. The standard InChI is InChI=1S/Al.6FH.Rb.4H/h;6*1H;;;;;/q;;;;;;;+1;;;;-1. The molecule has 0 atom stereocenters. The van der Waals surface area contributed by atoms with Gasteiger partial charge in [-0.3, -0.25) is 28.2 Å². The maximum atomic E-state index is 0. The van der Waals surface area contributed by atoms with Gasteiger partial charge in [-0.1, -0.05) is 0 Å². The van der Waals surface area contributed by atoms with Gasteiger partial charge in [-0.05, 0) is 0 Å². The molecule has 0 aliphatic rings. The van der Waals surface area contributed by atoms with Crippen molar-refractivity contribution in [3.63, 3.8) is 0 Å². The summed E-state index contributed by atoms with van der Waals surface area (Å²) in [6.45, 7) is 0. The third-order valence-electron chi connectivity index (χ3n) is 0. The van der Waals surface area contributed by atoms with Crippen LogP contribution in [0.25, 0.3) is 0 Å². The van der Waals surface area contributed by atoms with Crippen molar-refractivity contribution in [2.24, 2.45) is 0 Å². The quantitative estimate of drug-likeness (QED) is 0.308. The van der Waals surface area contributed by atoms with Crippen LogP contribution >= 0.6 is 0 Å². The zero-order valence-electron chi connectivity index (χ0n) is 4.45. The van der Waals surface area contributed by atoms with E-state index in [1.165, 1.54) is 0 Å². The summed E-state index contributed by atoms with van der Waals surface area (Å²) in [5.74, 6) is 0. The van der Waals surface area contributed by atoms with Crippen molar-refractivity contribution in [3.8, 4) is 0 Å². The molecule has 8 heavy (non-hydrogen) atoms. The smallest absolute Gasteiger partial charge is 1.00 e. The minimum Gasteiger partial charge on any atom is -1.00 e. The van der Waals surface area contributed by atoms with E-state index >= 15 is 0 Å². The molecular formula is H10AlF6Rb. The molecule has 0 unspecified atom stereocenters. The number of rotatable bonds is 0. The fourth-order valence-corrected chi connectivity index (χ4v) is 0. The molecule has 56 valence electrons. The molecule has 0 N–H and O–H groups in total. The Morgan fingerprint density at radius 3 is 0.500 bits per heavy atom. The SMILES string of the molecule is F.F.F.F.F.F.[AlH3].[H-].[Rb+]. The van der Waals surface area contributed by atoms with Crippen molar-refractivity contribution in [1.29, 1.82) is 0 Å². The van der Waals surface area contributed by atoms with Crippen LogP contribution < -0.4 is 58.2 Å². The van der Waals surface area contributed by atoms with Crippen LogP contribution in [-0.4, -0.2) is 17.4 Å². The van der Waals surface area contributed by atoms with Gasteiger partial charge in [-0.2, -0.15) is 0 Å². The van der Waals surface area contributed by atoms with E-state index in [0.717, 1.165) is 0 Å². The maximum absolute atomic E-state index is 0. The van der Waals surface area contributed by atoms with Gasteiger partial charge in [0, 0.05) is 0 Å². The second-order valence-electron chi connectivity index (χ2n) is 0. The third-order valence-corrected chi connectivity index (χ3v) is 0. The molecule has 8 heteroatoms. The van der Waals surface area contributed by atoms with Crippen molar-refractivity contribution in [2.75, 3.05) is 0 Å². The summed E-state index contributed by atoms with van der Waals surface area (Å²) in [5.41, 5.74) is 0. The van der Waals surface area contributed by atoms with E-state index in [-0.39, 0.29) is 105 Å². The van der Waals surface area contributed by atoms with Crippen molar-refractivity contribution < 1.29 is 87.8 Å². The Bertz CT molecular complexity index is 13.0. The zero-order chi connectivity index (χ0) is 0. The second kappa shape index (κ2) is 152. The predicted molar refractivity (Wildman–Crippen MR) is 26.1 cm³/mol. The summed E-state index contributed by atoms with van der Waals surface area (Å²) < 4.78 is 0. The van der Waals surface area contributed by atoms with E-state index in [0.29, 0.717) is 0 Å². The molecule has 0 radical (unpaired) electrons. The first-order chi connectivity index (χ1) is 0. The molecule has 0 nitrogen and oxygen atoms in total. The molecule has 0 aliphatic heterocycles. The van der Waals surface area contributed by atoms with Gasteiger partial charge in [0.05, 0.1) is 0 Å². The summed E-state index contributed by atoms with van der Waals surface area (Å²) in [6, 6.07) is 0. The van der Waals surface area contributed by atoms with Crippen LogP contribution in [0, 0.1) is 0 Å². The number of halogens is 6. The zero-order valence-corrected chi connectivity index (χ0v) is 8.37. The van der Waals surface area contributed by atoms with Crippen molar-refractivity contribution in [3.05, 3.63) is 0 Å². The van der Waals surface area contributed by atoms with Crippen LogP contribution in [0.4, 0.5) is 28.2 Å². The molecule has 0 rings (SSSR count). The topological polar surface area (TPSA) is 0 Å². The van der Waals surface area contributed by atoms with Crippen molar-refractivity contribution >= 4 is 17.4 Å². The number of hydrogen-bond acceptors (Lipinski definition) is 0. The van der Waals surface area contributed by atoms with Crippen molar-refractivity contribution in [2.45, 2.75) is 0 Å². The molecule has 0 fully saturated rings. The van der Waals surface area contributed by atoms with Gasteiger partial charge >= 0.3 is 58.2 Å². The van der Waals surface area contributed by atoms with E-state index in [1.54, 1.807) is 0 Å². The number of hydrogen-bond donors (Lipinski definition) is 0. The Labute approximate surface area is 103 Å². The molecule has 0 amide bonds. The fraction of sp³-hybridized carbons (Fsp3) is 0. The first kappa shape index (κ1) is 214. The van der Waals surface area contributed by atoms with Crippen LogP contribution in [0.1, 0.15) is 1.43 Å². The minimum absolute atomic E-state index is 0. The first-order valence-electron chi connectivity index (χ1n) is 0. The Kier molecular flexibility index (Phi) is 4080. The van der Waals surface area contributed by atoms with E-state index in [1.807, 2.05) is 0 Å². The normalized spacial score (nSPS) is 0. The van der Waals surface area contributed by atoms with Crippen LogP contribution in [0.2, 0.25) is 0 Å². The summed E-state index contributed by atoms with van der Waals surface area (Å²) in [6.07, 6.45) is 0. The van der Waals surface area contributed by atoms with Gasteiger partial charge in [-0.15, -0.1) is 0 Å². The largest absolute Gasteiger partial charge is 1.00 e. The Morgan fingerprint density at radius 1 is 0.500 bits per heavy atom. The predicted octanol–water partition coefficient (Wildman–Crippen LogP) is -3.15. The molecule has 0 aromatic rings. The van der Waals surface area contributed by atoms with E-state index in [4.69, 9.17) is 0 Å². The molecule has 0 saturated carbocycles. The molecule has 0 aliphatic carbocycles. The average Bonchev–Trinajstić information content (AvgIpc) is 0. The van der Waals surface area contributed by atoms with Crippen LogP contribution in [-0.2, 0) is 0 Å². The van der Waals surface area contributed by atoms with Gasteiger partial charge in [0.25, 0.3) is 0 Å². The summed E-state index contributed by atoms with van der Waals surface area (Å²) in [5, 5.41) is 0. The molecule has 0 heterocycles. The van der Waals surface area contributed by atoms with Gasteiger partial charge in [-0.25, -0.2) is 0 Å². The van der Waals surface area contributed by atoms with Crippen LogP contribution in [0.15, 0.2) is 0 Å². The van der Waals surface area contributed by atoms with Crippen LogP contribution in [0.5, 0.6) is 0 Å². The summed E-state index contributed by atoms with van der Waals surface area (Å²) in [4.78, 5) is 0. The van der Waals surface area contributed by atoms with Gasteiger partial charge in [0.2, 0.25) is 0 Å². The molecule has 0 bridgehead atoms. The van der Waals surface area contributed by atoms with E-state index in [2.05, 4.69) is 0 Å². The summed E-state index contributed by atoms with van der Waals surface area (Å²) >= 11 is 0. The van der Waals surface area contributed by atoms with E-state index in [9.17, 15) is 0 Å². The second-order valence-corrected chi connectivity index (χ2v) is 0. The molecule has 0 aromatic carbocycles. The minimum atomic E-state index is 0. The average molecular weight is 237 g/mol. The summed E-state index contributed by atoms with van der Waals surface area (Å²) in [7, 11) is 0. The molecule has 0 saturated heterocycles. The molecule has 0 spiro atoms. The van der Waals surface area contributed by atoms with Gasteiger partial charge in [0.15, 0.2) is 17.4 Å². The van der Waals surface area contributed by atoms with Crippen molar-refractivity contribution in [1.82, 2.24) is 0 Å². The first-order valence-corrected chi connectivity index (χ1v) is 0. The monoisotopic (exact) mass is 236 g/mol. The fourth-order valence-electron chi connectivity index (χ4n) is 0. The maximum Gasteiger partial charge on any atom is 1.00 e. The molecule has 0 aromatic heterocycles. The Balaban J connectivity index is 0.